The van der Waals surface area contributed by atoms with Crippen molar-refractivity contribution in [1.29, 1.82) is 0 Å². The Morgan fingerprint density at radius 2 is 1.72 bits per heavy atom. The van der Waals surface area contributed by atoms with Crippen molar-refractivity contribution in [2.24, 2.45) is 0 Å². The smallest absolute Gasteiger partial charge is 0.321 e. The normalized spacial score (nSPS) is 16.6. The number of carbonyl (C=O) groups excluding carboxylic acids is 1. The molecule has 1 fully saturated rings. The van der Waals surface area contributed by atoms with Crippen LogP contribution in [0.4, 0.5) is 14.9 Å². The number of nitrogens with one attached hydrogen (secondary N) is 1. The lowest BCUT2D eigenvalue weighted by molar-refractivity contribution is -0.0156. The maximum absolute atomic E-state index is 13.3. The van der Waals surface area contributed by atoms with Crippen molar-refractivity contribution < 1.29 is 14.3 Å². The number of carbonyl (C=O) groups is 1. The largest absolute Gasteiger partial charge is 0.385 e. The second-order valence-corrected chi connectivity index (χ2v) is 6.99. The van der Waals surface area contributed by atoms with Crippen molar-refractivity contribution in [2.45, 2.75) is 18.4 Å². The van der Waals surface area contributed by atoms with Crippen LogP contribution in [0.25, 0.3) is 0 Å². The van der Waals surface area contributed by atoms with Crippen LogP contribution >= 0.6 is 23.2 Å². The zero-order valence-corrected chi connectivity index (χ0v) is 14.8. The molecule has 7 heteroatoms. The Kier molecular flexibility index (Phi) is 5.18. The molecule has 0 atom stereocenters. The third kappa shape index (κ3) is 4.24. The molecule has 0 radical (unpaired) electrons. The highest BCUT2D eigenvalue weighted by molar-refractivity contribution is 6.31. The number of hydrogen-bond acceptors (Lipinski definition) is 2. The van der Waals surface area contributed by atoms with Gasteiger partial charge in [0.1, 0.15) is 5.82 Å². The molecule has 2 amide bonds. The summed E-state index contributed by atoms with van der Waals surface area (Å²) in [5.41, 5.74) is 0.103. The van der Waals surface area contributed by atoms with Gasteiger partial charge in [0.25, 0.3) is 0 Å². The van der Waals surface area contributed by atoms with Crippen molar-refractivity contribution in [1.82, 2.24) is 4.90 Å². The quantitative estimate of drug-likeness (QED) is 0.794. The minimum atomic E-state index is -0.983. The van der Waals surface area contributed by atoms with Crippen molar-refractivity contribution in [3.63, 3.8) is 0 Å². The van der Waals surface area contributed by atoms with E-state index in [2.05, 4.69) is 5.32 Å². The van der Waals surface area contributed by atoms with Crippen LogP contribution in [0.5, 0.6) is 0 Å². The molecule has 1 aliphatic rings. The molecule has 2 N–H and O–H groups in total. The average Bonchev–Trinajstić information content (AvgIpc) is 2.55. The molecule has 0 spiro atoms. The second-order valence-electron chi connectivity index (χ2n) is 6.11. The van der Waals surface area contributed by atoms with Crippen LogP contribution < -0.4 is 5.32 Å². The summed E-state index contributed by atoms with van der Waals surface area (Å²) < 4.78 is 13.3. The summed E-state index contributed by atoms with van der Waals surface area (Å²) in [7, 11) is 0. The Hall–Kier alpha value is -1.82. The molecule has 1 saturated heterocycles. The third-order valence-electron chi connectivity index (χ3n) is 4.37. The molecule has 0 bridgehead atoms. The van der Waals surface area contributed by atoms with Gasteiger partial charge in [-0.2, -0.15) is 0 Å². The number of amides is 2. The number of likely N-dealkylation sites (tertiary alicyclic amines) is 1. The van der Waals surface area contributed by atoms with E-state index < -0.39 is 11.4 Å². The molecule has 132 valence electrons. The summed E-state index contributed by atoms with van der Waals surface area (Å²) >= 11 is 11.7. The summed E-state index contributed by atoms with van der Waals surface area (Å²) in [6.07, 6.45) is 0.817. The van der Waals surface area contributed by atoms with E-state index in [1.165, 1.54) is 18.2 Å². The fraction of sp³-hybridized carbons (Fsp3) is 0.278. The molecule has 25 heavy (non-hydrogen) atoms. The molecular weight excluding hydrogens is 366 g/mol. The van der Waals surface area contributed by atoms with Gasteiger partial charge in [-0.1, -0.05) is 35.3 Å². The highest BCUT2D eigenvalue weighted by atomic mass is 35.5. The van der Waals surface area contributed by atoms with Gasteiger partial charge in [-0.15, -0.1) is 0 Å². The number of anilines is 1. The van der Waals surface area contributed by atoms with E-state index in [9.17, 15) is 14.3 Å². The predicted octanol–water partition coefficient (Wildman–Crippen LogP) is 4.65. The van der Waals surface area contributed by atoms with Crippen molar-refractivity contribution >= 4 is 34.9 Å². The van der Waals surface area contributed by atoms with Gasteiger partial charge in [-0.05, 0) is 48.7 Å². The second kappa shape index (κ2) is 7.20. The Morgan fingerprint density at radius 3 is 2.32 bits per heavy atom. The first-order valence-electron chi connectivity index (χ1n) is 7.86. The van der Waals surface area contributed by atoms with E-state index in [-0.39, 0.29) is 11.1 Å². The molecule has 0 unspecified atom stereocenters. The number of piperidine rings is 1. The van der Waals surface area contributed by atoms with Crippen LogP contribution in [0.2, 0.25) is 10.0 Å². The third-order valence-corrected chi connectivity index (χ3v) is 4.84. The highest BCUT2D eigenvalue weighted by Crippen LogP contribution is 2.33. The highest BCUT2D eigenvalue weighted by Gasteiger charge is 2.35. The molecule has 3 rings (SSSR count). The van der Waals surface area contributed by atoms with E-state index in [1.54, 1.807) is 29.2 Å². The van der Waals surface area contributed by atoms with Gasteiger partial charge < -0.3 is 15.3 Å². The molecule has 0 aromatic heterocycles. The first kappa shape index (κ1) is 18.0. The Labute approximate surface area is 155 Å². The van der Waals surface area contributed by atoms with Crippen LogP contribution in [0.15, 0.2) is 42.5 Å². The average molecular weight is 383 g/mol. The molecule has 4 nitrogen and oxygen atoms in total. The van der Waals surface area contributed by atoms with E-state index in [4.69, 9.17) is 23.2 Å². The van der Waals surface area contributed by atoms with Gasteiger partial charge >= 0.3 is 6.03 Å². The minimum Gasteiger partial charge on any atom is -0.385 e. The first-order valence-corrected chi connectivity index (χ1v) is 8.62. The van der Waals surface area contributed by atoms with Gasteiger partial charge in [0.2, 0.25) is 0 Å². The van der Waals surface area contributed by atoms with Crippen LogP contribution in [-0.4, -0.2) is 29.1 Å². The van der Waals surface area contributed by atoms with E-state index in [0.29, 0.717) is 36.6 Å². The Morgan fingerprint density at radius 1 is 1.08 bits per heavy atom. The number of aliphatic hydroxyl groups is 1. The summed E-state index contributed by atoms with van der Waals surface area (Å²) in [6, 6.07) is 10.6. The molecule has 2 aromatic rings. The standard InChI is InChI=1S/C18H17Cl2FN2O2/c19-13-3-1-12(2-4-13)18(25)5-7-23(8-6-18)17(24)22-16-10-14(20)9-15(21)11-16/h1-4,9-11,25H,5-8H2,(H,22,24). The van der Waals surface area contributed by atoms with Crippen molar-refractivity contribution in [3.8, 4) is 0 Å². The number of benzene rings is 2. The minimum absolute atomic E-state index is 0.214. The van der Waals surface area contributed by atoms with Crippen molar-refractivity contribution in [3.05, 3.63) is 63.9 Å². The van der Waals surface area contributed by atoms with E-state index in [1.807, 2.05) is 0 Å². The van der Waals surface area contributed by atoms with Crippen molar-refractivity contribution in [2.75, 3.05) is 18.4 Å². The number of halogens is 3. The van der Waals surface area contributed by atoms with E-state index >= 15 is 0 Å². The number of urea groups is 1. The number of hydrogen-bond donors (Lipinski definition) is 2. The lowest BCUT2D eigenvalue weighted by Gasteiger charge is -2.38. The molecule has 1 heterocycles. The van der Waals surface area contributed by atoms with Gasteiger partial charge in [-0.3, -0.25) is 0 Å². The molecule has 0 aliphatic carbocycles. The summed E-state index contributed by atoms with van der Waals surface area (Å²) in [5, 5.41) is 14.3. The fourth-order valence-corrected chi connectivity index (χ4v) is 3.30. The first-order chi connectivity index (χ1) is 11.9. The van der Waals surface area contributed by atoms with Crippen LogP contribution in [0.1, 0.15) is 18.4 Å². The molecule has 0 saturated carbocycles. The lowest BCUT2D eigenvalue weighted by Crippen LogP contribution is -2.46. The van der Waals surface area contributed by atoms with Crippen LogP contribution in [0, 0.1) is 5.82 Å². The zero-order chi connectivity index (χ0) is 18.0. The predicted molar refractivity (Wildman–Crippen MR) is 96.6 cm³/mol. The fourth-order valence-electron chi connectivity index (χ4n) is 2.96. The van der Waals surface area contributed by atoms with E-state index in [0.717, 1.165) is 5.56 Å². The van der Waals surface area contributed by atoms with Gasteiger partial charge in [-0.25, -0.2) is 9.18 Å². The topological polar surface area (TPSA) is 52.6 Å². The number of nitrogens with zero attached hydrogens (tertiary/aromatic N) is 1. The summed E-state index contributed by atoms with van der Waals surface area (Å²) in [5.74, 6) is -0.515. The maximum Gasteiger partial charge on any atom is 0.321 e. The lowest BCUT2D eigenvalue weighted by atomic mass is 9.84. The zero-order valence-electron chi connectivity index (χ0n) is 13.3. The molecular formula is C18H17Cl2FN2O2. The molecule has 1 aliphatic heterocycles. The summed E-state index contributed by atoms with van der Waals surface area (Å²) in [6.45, 7) is 0.766. The van der Waals surface area contributed by atoms with Gasteiger partial charge in [0, 0.05) is 28.8 Å². The van der Waals surface area contributed by atoms with Gasteiger partial charge in [0.05, 0.1) is 5.60 Å². The van der Waals surface area contributed by atoms with Gasteiger partial charge in [0.15, 0.2) is 0 Å². The maximum atomic E-state index is 13.3. The SMILES string of the molecule is O=C(Nc1cc(F)cc(Cl)c1)N1CCC(O)(c2ccc(Cl)cc2)CC1. The molecule has 2 aromatic carbocycles. The Balaban J connectivity index is 1.63. The summed E-state index contributed by atoms with van der Waals surface area (Å²) in [4.78, 5) is 13.9. The Bertz CT molecular complexity index is 755. The van der Waals surface area contributed by atoms with Crippen LogP contribution in [-0.2, 0) is 5.60 Å². The number of rotatable bonds is 2. The monoisotopic (exact) mass is 382 g/mol. The van der Waals surface area contributed by atoms with Crippen LogP contribution in [0.3, 0.4) is 0 Å².